The number of aliphatic hydroxyl groups excluding tert-OH is 2. The van der Waals surface area contributed by atoms with E-state index in [0.717, 1.165) is 0 Å². The van der Waals surface area contributed by atoms with E-state index in [2.05, 4.69) is 20.3 Å². The predicted octanol–water partition coefficient (Wildman–Crippen LogP) is 0.450. The van der Waals surface area contributed by atoms with Crippen molar-refractivity contribution in [2.24, 2.45) is 5.92 Å². The van der Waals surface area contributed by atoms with Crippen LogP contribution in [-0.2, 0) is 9.53 Å². The molecule has 4 atom stereocenters. The van der Waals surface area contributed by atoms with Gasteiger partial charge < -0.3 is 14.9 Å². The second-order valence-electron chi connectivity index (χ2n) is 6.15. The van der Waals surface area contributed by atoms with Gasteiger partial charge >= 0.3 is 0 Å². The Kier molecular flexibility index (Phi) is 4.48. The van der Waals surface area contributed by atoms with Crippen LogP contribution >= 0.6 is 0 Å². The molecule has 3 rings (SSSR count). The van der Waals surface area contributed by atoms with E-state index in [0.29, 0.717) is 17.6 Å². The summed E-state index contributed by atoms with van der Waals surface area (Å²) < 4.78 is 7.27. The number of hydrogen-bond acceptors (Lipinski definition) is 7. The van der Waals surface area contributed by atoms with Gasteiger partial charge in [-0.3, -0.25) is 14.7 Å². The molecule has 2 aromatic rings. The summed E-state index contributed by atoms with van der Waals surface area (Å²) in [6.45, 7) is 5.41. The van der Waals surface area contributed by atoms with Gasteiger partial charge in [0.25, 0.3) is 0 Å². The first-order valence-corrected chi connectivity index (χ1v) is 7.94. The molecule has 0 aromatic carbocycles. The minimum absolute atomic E-state index is 0.156. The Balaban J connectivity index is 1.93. The molecule has 0 bridgehead atoms. The van der Waals surface area contributed by atoms with E-state index in [-0.39, 0.29) is 17.8 Å². The van der Waals surface area contributed by atoms with Crippen LogP contribution in [0.15, 0.2) is 12.5 Å². The summed E-state index contributed by atoms with van der Waals surface area (Å²) in [7, 11) is 0. The van der Waals surface area contributed by atoms with Gasteiger partial charge in [0.1, 0.15) is 17.7 Å². The molecule has 0 aliphatic carbocycles. The van der Waals surface area contributed by atoms with Gasteiger partial charge in [0.15, 0.2) is 11.9 Å². The molecule has 1 amide bonds. The average molecular weight is 335 g/mol. The first-order chi connectivity index (χ1) is 11.4. The van der Waals surface area contributed by atoms with Crippen molar-refractivity contribution < 1.29 is 19.7 Å². The first-order valence-electron chi connectivity index (χ1n) is 7.94. The SMILES string of the molecule is CC[C@H]1O[C@@H](n2cnc3cnc(NC(=O)C(C)C)nc32)C(O)[C@H]1O. The summed E-state index contributed by atoms with van der Waals surface area (Å²) in [6, 6.07) is 0. The number of carbonyl (C=O) groups excluding carboxylic acids is 1. The number of aliphatic hydroxyl groups is 2. The van der Waals surface area contributed by atoms with Crippen molar-refractivity contribution in [3.63, 3.8) is 0 Å². The van der Waals surface area contributed by atoms with E-state index in [1.807, 2.05) is 6.92 Å². The van der Waals surface area contributed by atoms with Crippen LogP contribution in [-0.4, -0.2) is 54.0 Å². The van der Waals surface area contributed by atoms with Crippen molar-refractivity contribution >= 4 is 23.0 Å². The molecule has 9 heteroatoms. The number of aromatic nitrogens is 4. The highest BCUT2D eigenvalue weighted by molar-refractivity contribution is 5.91. The Morgan fingerprint density at radius 1 is 1.38 bits per heavy atom. The topological polar surface area (TPSA) is 122 Å². The third-order valence-corrected chi connectivity index (χ3v) is 4.09. The van der Waals surface area contributed by atoms with Crippen LogP contribution in [0.4, 0.5) is 5.95 Å². The number of fused-ring (bicyclic) bond motifs is 1. The lowest BCUT2D eigenvalue weighted by atomic mass is 10.1. The molecule has 0 spiro atoms. The second-order valence-corrected chi connectivity index (χ2v) is 6.15. The summed E-state index contributed by atoms with van der Waals surface area (Å²) in [5.41, 5.74) is 0.917. The van der Waals surface area contributed by atoms with Gasteiger partial charge in [0, 0.05) is 5.92 Å². The molecule has 3 N–H and O–H groups in total. The molecule has 1 aliphatic rings. The lowest BCUT2D eigenvalue weighted by Gasteiger charge is -2.16. The highest BCUT2D eigenvalue weighted by atomic mass is 16.6. The maximum Gasteiger partial charge on any atom is 0.231 e. The van der Waals surface area contributed by atoms with Crippen molar-refractivity contribution in [1.82, 2.24) is 19.5 Å². The Morgan fingerprint density at radius 3 is 2.75 bits per heavy atom. The Morgan fingerprint density at radius 2 is 2.12 bits per heavy atom. The number of anilines is 1. The number of rotatable bonds is 4. The van der Waals surface area contributed by atoms with E-state index in [1.165, 1.54) is 12.5 Å². The minimum atomic E-state index is -1.09. The molecular weight excluding hydrogens is 314 g/mol. The fourth-order valence-electron chi connectivity index (χ4n) is 2.62. The van der Waals surface area contributed by atoms with Gasteiger partial charge in [0.2, 0.25) is 11.9 Å². The fraction of sp³-hybridized carbons (Fsp3) is 0.600. The Bertz CT molecular complexity index is 747. The zero-order chi connectivity index (χ0) is 17.4. The smallest absolute Gasteiger partial charge is 0.231 e. The van der Waals surface area contributed by atoms with E-state index < -0.39 is 24.5 Å². The molecule has 1 unspecified atom stereocenters. The van der Waals surface area contributed by atoms with Crippen LogP contribution in [0.25, 0.3) is 11.2 Å². The normalized spacial score (nSPS) is 27.1. The molecule has 2 aromatic heterocycles. The van der Waals surface area contributed by atoms with Crippen LogP contribution in [0, 0.1) is 5.92 Å². The number of nitrogens with one attached hydrogen (secondary N) is 1. The highest BCUT2D eigenvalue weighted by Crippen LogP contribution is 2.32. The molecular formula is C15H21N5O4. The van der Waals surface area contributed by atoms with Crippen LogP contribution in [0.1, 0.15) is 33.4 Å². The number of ether oxygens (including phenoxy) is 1. The lowest BCUT2D eigenvalue weighted by Crippen LogP contribution is -2.31. The molecule has 9 nitrogen and oxygen atoms in total. The van der Waals surface area contributed by atoms with Crippen LogP contribution in [0.3, 0.4) is 0 Å². The van der Waals surface area contributed by atoms with E-state index >= 15 is 0 Å². The molecule has 1 saturated heterocycles. The van der Waals surface area contributed by atoms with Crippen LogP contribution in [0.2, 0.25) is 0 Å². The molecule has 130 valence electrons. The molecule has 1 fully saturated rings. The van der Waals surface area contributed by atoms with E-state index in [9.17, 15) is 15.0 Å². The van der Waals surface area contributed by atoms with Gasteiger partial charge in [-0.05, 0) is 6.42 Å². The standard InChI is InChI=1S/C15H21N5O4/c1-4-9-10(21)11(22)14(24-9)20-6-17-8-5-16-15(18-12(8)20)19-13(23)7(2)3/h5-7,9-11,14,21-22H,4H2,1-3H3,(H,16,18,19,23)/t9-,10+,11?,14-/m1/s1. The second kappa shape index (κ2) is 6.42. The van der Waals surface area contributed by atoms with Crippen molar-refractivity contribution in [2.75, 3.05) is 5.32 Å². The third-order valence-electron chi connectivity index (χ3n) is 4.09. The molecule has 0 saturated carbocycles. The van der Waals surface area contributed by atoms with Gasteiger partial charge in [-0.1, -0.05) is 20.8 Å². The van der Waals surface area contributed by atoms with Crippen LogP contribution < -0.4 is 5.32 Å². The van der Waals surface area contributed by atoms with Crippen molar-refractivity contribution in [1.29, 1.82) is 0 Å². The van der Waals surface area contributed by atoms with E-state index in [1.54, 1.807) is 18.4 Å². The lowest BCUT2D eigenvalue weighted by molar-refractivity contribution is -0.118. The van der Waals surface area contributed by atoms with Gasteiger partial charge in [-0.15, -0.1) is 0 Å². The van der Waals surface area contributed by atoms with Crippen molar-refractivity contribution in [2.45, 2.75) is 51.7 Å². The molecule has 1 aliphatic heterocycles. The number of carbonyl (C=O) groups is 1. The summed E-state index contributed by atoms with van der Waals surface area (Å²) >= 11 is 0. The quantitative estimate of drug-likeness (QED) is 0.741. The maximum atomic E-state index is 11.8. The van der Waals surface area contributed by atoms with Crippen LogP contribution in [0.5, 0.6) is 0 Å². The number of amides is 1. The Labute approximate surface area is 138 Å². The Hall–Kier alpha value is -2.10. The summed E-state index contributed by atoms with van der Waals surface area (Å²) in [5.74, 6) is -0.239. The van der Waals surface area contributed by atoms with Gasteiger partial charge in [-0.2, -0.15) is 4.98 Å². The first kappa shape index (κ1) is 16.7. The number of hydrogen-bond donors (Lipinski definition) is 3. The molecule has 3 heterocycles. The summed E-state index contributed by atoms with van der Waals surface area (Å²) in [6.07, 6.45) is 0.236. The predicted molar refractivity (Wildman–Crippen MR) is 85.0 cm³/mol. The summed E-state index contributed by atoms with van der Waals surface area (Å²) in [5, 5.41) is 22.9. The van der Waals surface area contributed by atoms with Crippen molar-refractivity contribution in [3.8, 4) is 0 Å². The number of imidazole rings is 1. The monoisotopic (exact) mass is 335 g/mol. The third kappa shape index (κ3) is 2.85. The fourth-order valence-corrected chi connectivity index (χ4v) is 2.62. The van der Waals surface area contributed by atoms with Crippen molar-refractivity contribution in [3.05, 3.63) is 12.5 Å². The zero-order valence-electron chi connectivity index (χ0n) is 13.7. The largest absolute Gasteiger partial charge is 0.388 e. The van der Waals surface area contributed by atoms with Gasteiger partial charge in [0.05, 0.1) is 18.6 Å². The maximum absolute atomic E-state index is 11.8. The van der Waals surface area contributed by atoms with E-state index in [4.69, 9.17) is 4.74 Å². The molecule has 24 heavy (non-hydrogen) atoms. The molecule has 0 radical (unpaired) electrons. The average Bonchev–Trinajstić information content (AvgIpc) is 3.09. The zero-order valence-corrected chi connectivity index (χ0v) is 13.7. The summed E-state index contributed by atoms with van der Waals surface area (Å²) in [4.78, 5) is 24.3. The van der Waals surface area contributed by atoms with Gasteiger partial charge in [-0.25, -0.2) is 9.97 Å². The minimum Gasteiger partial charge on any atom is -0.388 e. The highest BCUT2D eigenvalue weighted by Gasteiger charge is 2.43. The number of nitrogens with zero attached hydrogens (tertiary/aromatic N) is 4.